The summed E-state index contributed by atoms with van der Waals surface area (Å²) in [6.07, 6.45) is 12.1. The summed E-state index contributed by atoms with van der Waals surface area (Å²) in [4.78, 5) is 12.0. The first-order valence-electron chi connectivity index (χ1n) is 11.1. The molecule has 1 aliphatic carbocycles. The van der Waals surface area contributed by atoms with E-state index in [9.17, 15) is 0 Å². The number of hydrogen-bond donors (Lipinski definition) is 1. The zero-order valence-corrected chi connectivity index (χ0v) is 19.1. The zero-order chi connectivity index (χ0) is 20.5. The van der Waals surface area contributed by atoms with Gasteiger partial charge in [0.05, 0.1) is 16.4 Å². The van der Waals surface area contributed by atoms with Crippen LogP contribution in [0, 0.1) is 5.92 Å². The fourth-order valence-electron chi connectivity index (χ4n) is 5.07. The van der Waals surface area contributed by atoms with Gasteiger partial charge in [0, 0.05) is 43.5 Å². The second-order valence-electron chi connectivity index (χ2n) is 8.92. The lowest BCUT2D eigenvalue weighted by Crippen LogP contribution is -2.41. The van der Waals surface area contributed by atoms with Crippen LogP contribution in [0.1, 0.15) is 56.2 Å². The number of nitrogens with zero attached hydrogens (tertiary/aromatic N) is 5. The van der Waals surface area contributed by atoms with Gasteiger partial charge in [-0.05, 0) is 72.1 Å². The molecule has 6 nitrogen and oxygen atoms in total. The van der Waals surface area contributed by atoms with E-state index in [4.69, 9.17) is 4.98 Å². The third-order valence-electron chi connectivity index (χ3n) is 6.70. The molecule has 4 heterocycles. The maximum absolute atomic E-state index is 5.02. The molecule has 0 radical (unpaired) electrons. The van der Waals surface area contributed by atoms with Crippen molar-refractivity contribution in [1.82, 2.24) is 24.5 Å². The minimum atomic E-state index is 0.473. The zero-order valence-electron chi connectivity index (χ0n) is 17.5. The molecule has 0 amide bonds. The number of hydrogen-bond acceptors (Lipinski definition) is 5. The number of fused-ring (bicyclic) bond motifs is 1. The molecule has 5 rings (SSSR count). The highest BCUT2D eigenvalue weighted by atomic mass is 79.9. The van der Waals surface area contributed by atoms with Crippen LogP contribution in [-0.4, -0.2) is 43.6 Å². The summed E-state index contributed by atoms with van der Waals surface area (Å²) in [5, 5.41) is 8.08. The topological polar surface area (TPSA) is 58.4 Å². The number of likely N-dealkylation sites (tertiary alicyclic amines) is 1. The lowest BCUT2D eigenvalue weighted by molar-refractivity contribution is 0.146. The van der Waals surface area contributed by atoms with Gasteiger partial charge in [0.25, 0.3) is 0 Å². The second kappa shape index (κ2) is 8.63. The van der Waals surface area contributed by atoms with Crippen molar-refractivity contribution in [2.75, 3.05) is 18.4 Å². The molecule has 7 heteroatoms. The fourth-order valence-corrected chi connectivity index (χ4v) is 5.42. The Morgan fingerprint density at radius 3 is 2.97 bits per heavy atom. The SMILES string of the molecule is CC1CCC(N2CCCC(c3cc(NCc4cccnc4)n4ncc(Br)c4n3)C2)C1. The van der Waals surface area contributed by atoms with Gasteiger partial charge in [-0.15, -0.1) is 0 Å². The maximum atomic E-state index is 5.02. The van der Waals surface area contributed by atoms with Gasteiger partial charge in [0.2, 0.25) is 0 Å². The predicted octanol–water partition coefficient (Wildman–Crippen LogP) is 4.87. The van der Waals surface area contributed by atoms with Crippen LogP contribution in [0.15, 0.2) is 41.3 Å². The number of aromatic nitrogens is 4. The average Bonchev–Trinajstić information content (AvgIpc) is 3.39. The molecule has 1 N–H and O–H groups in total. The molecule has 0 aromatic carbocycles. The molecule has 1 saturated heterocycles. The molecule has 0 bridgehead atoms. The first-order valence-corrected chi connectivity index (χ1v) is 11.9. The molecular weight excluding hydrogens is 440 g/mol. The summed E-state index contributed by atoms with van der Waals surface area (Å²) < 4.78 is 2.83. The van der Waals surface area contributed by atoms with Crippen LogP contribution in [0.5, 0.6) is 0 Å². The van der Waals surface area contributed by atoms with Crippen LogP contribution in [0.3, 0.4) is 0 Å². The van der Waals surface area contributed by atoms with E-state index in [0.29, 0.717) is 12.5 Å². The number of pyridine rings is 1. The standard InChI is InChI=1S/C23H29BrN6/c1-16-6-7-19(10-16)29-9-3-5-18(15-29)21-11-22(26-13-17-4-2-8-25-12-17)30-23(28-21)20(24)14-27-30/h2,4,8,11-12,14,16,18-19,26H,3,5-7,9-10,13,15H2,1H3. The Morgan fingerprint density at radius 2 is 2.17 bits per heavy atom. The predicted molar refractivity (Wildman–Crippen MR) is 123 cm³/mol. The normalized spacial score (nSPS) is 25.1. The van der Waals surface area contributed by atoms with E-state index in [2.05, 4.69) is 55.3 Å². The lowest BCUT2D eigenvalue weighted by Gasteiger charge is -2.36. The van der Waals surface area contributed by atoms with Crippen molar-refractivity contribution >= 4 is 27.4 Å². The van der Waals surface area contributed by atoms with E-state index < -0.39 is 0 Å². The van der Waals surface area contributed by atoms with Gasteiger partial charge in [0.1, 0.15) is 5.82 Å². The molecule has 2 aliphatic rings. The van der Waals surface area contributed by atoms with Crippen molar-refractivity contribution in [3.05, 3.63) is 52.5 Å². The first kappa shape index (κ1) is 19.9. The monoisotopic (exact) mass is 468 g/mol. The maximum Gasteiger partial charge on any atom is 0.171 e. The molecule has 1 aliphatic heterocycles. The summed E-state index contributed by atoms with van der Waals surface area (Å²) >= 11 is 3.63. The van der Waals surface area contributed by atoms with Gasteiger partial charge in [-0.25, -0.2) is 4.98 Å². The number of rotatable bonds is 5. The van der Waals surface area contributed by atoms with Crippen LogP contribution in [0.25, 0.3) is 5.65 Å². The van der Waals surface area contributed by atoms with Crippen molar-refractivity contribution in [2.45, 2.75) is 57.5 Å². The summed E-state index contributed by atoms with van der Waals surface area (Å²) in [5.74, 6) is 2.33. The quantitative estimate of drug-likeness (QED) is 0.578. The van der Waals surface area contributed by atoms with Crippen molar-refractivity contribution in [2.24, 2.45) is 5.92 Å². The molecule has 158 valence electrons. The Kier molecular flexibility index (Phi) is 5.74. The van der Waals surface area contributed by atoms with Gasteiger partial charge in [0.15, 0.2) is 5.65 Å². The molecular formula is C23H29BrN6. The van der Waals surface area contributed by atoms with Gasteiger partial charge in [-0.2, -0.15) is 9.61 Å². The number of anilines is 1. The third kappa shape index (κ3) is 4.10. The average molecular weight is 469 g/mol. The highest BCUT2D eigenvalue weighted by molar-refractivity contribution is 9.10. The molecule has 2 fully saturated rings. The van der Waals surface area contributed by atoms with Crippen LogP contribution in [-0.2, 0) is 6.54 Å². The van der Waals surface area contributed by atoms with Crippen molar-refractivity contribution in [3.63, 3.8) is 0 Å². The van der Waals surface area contributed by atoms with E-state index in [1.165, 1.54) is 44.3 Å². The summed E-state index contributed by atoms with van der Waals surface area (Å²) in [6, 6.07) is 7.01. The molecule has 30 heavy (non-hydrogen) atoms. The molecule has 0 spiro atoms. The van der Waals surface area contributed by atoms with Crippen LogP contribution in [0.4, 0.5) is 5.82 Å². The lowest BCUT2D eigenvalue weighted by atomic mass is 9.93. The van der Waals surface area contributed by atoms with E-state index in [1.807, 2.05) is 23.0 Å². The summed E-state index contributed by atoms with van der Waals surface area (Å²) in [7, 11) is 0. The van der Waals surface area contributed by atoms with Crippen molar-refractivity contribution < 1.29 is 0 Å². The number of nitrogens with one attached hydrogen (secondary N) is 1. The third-order valence-corrected chi connectivity index (χ3v) is 7.26. The van der Waals surface area contributed by atoms with Gasteiger partial charge < -0.3 is 5.32 Å². The molecule has 1 saturated carbocycles. The highest BCUT2D eigenvalue weighted by Crippen LogP contribution is 2.35. The minimum Gasteiger partial charge on any atom is -0.366 e. The van der Waals surface area contributed by atoms with Gasteiger partial charge in [-0.1, -0.05) is 13.0 Å². The van der Waals surface area contributed by atoms with E-state index in [-0.39, 0.29) is 0 Å². The number of piperidine rings is 1. The van der Waals surface area contributed by atoms with Crippen molar-refractivity contribution in [1.29, 1.82) is 0 Å². The molecule has 3 aromatic rings. The van der Waals surface area contributed by atoms with Gasteiger partial charge >= 0.3 is 0 Å². The van der Waals surface area contributed by atoms with E-state index >= 15 is 0 Å². The smallest absolute Gasteiger partial charge is 0.171 e. The minimum absolute atomic E-state index is 0.473. The number of halogens is 1. The Bertz CT molecular complexity index is 1000. The largest absolute Gasteiger partial charge is 0.366 e. The van der Waals surface area contributed by atoms with Crippen LogP contribution >= 0.6 is 15.9 Å². The van der Waals surface area contributed by atoms with E-state index in [1.54, 1.807) is 6.20 Å². The van der Waals surface area contributed by atoms with Gasteiger partial charge in [-0.3, -0.25) is 9.88 Å². The first-order chi connectivity index (χ1) is 14.7. The van der Waals surface area contributed by atoms with Crippen molar-refractivity contribution in [3.8, 4) is 0 Å². The Hall–Kier alpha value is -1.99. The Balaban J connectivity index is 1.40. The van der Waals surface area contributed by atoms with E-state index in [0.717, 1.165) is 40.0 Å². The second-order valence-corrected chi connectivity index (χ2v) is 9.77. The fraction of sp³-hybridized carbons (Fsp3) is 0.522. The molecule has 3 atom stereocenters. The molecule has 3 unspecified atom stereocenters. The summed E-state index contributed by atoms with van der Waals surface area (Å²) in [5.41, 5.74) is 3.20. The highest BCUT2D eigenvalue weighted by Gasteiger charge is 2.31. The molecule has 3 aromatic heterocycles. The Labute approximate surface area is 186 Å². The van der Waals surface area contributed by atoms with Crippen LogP contribution in [0.2, 0.25) is 0 Å². The summed E-state index contributed by atoms with van der Waals surface area (Å²) in [6.45, 7) is 5.46. The Morgan fingerprint density at radius 1 is 1.23 bits per heavy atom. The van der Waals surface area contributed by atoms with Crippen LogP contribution < -0.4 is 5.32 Å².